The van der Waals surface area contributed by atoms with Gasteiger partial charge in [-0.15, -0.1) is 0 Å². The normalized spacial score (nSPS) is 14.2. The first kappa shape index (κ1) is 18.5. The van der Waals surface area contributed by atoms with Crippen molar-refractivity contribution < 1.29 is 22.7 Å². The zero-order valence-corrected chi connectivity index (χ0v) is 14.0. The summed E-state index contributed by atoms with van der Waals surface area (Å²) in [6.45, 7) is 5.57. The van der Waals surface area contributed by atoms with Gasteiger partial charge in [-0.1, -0.05) is 19.9 Å². The number of aryl methyl sites for hydroxylation is 1. The molecule has 0 spiro atoms. The Morgan fingerprint density at radius 1 is 1.20 bits per heavy atom. The van der Waals surface area contributed by atoms with Crippen molar-refractivity contribution in [1.82, 2.24) is 0 Å². The minimum atomic E-state index is -3.47. The predicted molar refractivity (Wildman–Crippen MR) is 86.7 cm³/mol. The fourth-order valence-electron chi connectivity index (χ4n) is 2.63. The number of hydrogen-bond acceptors (Lipinski definition) is 3. The van der Waals surface area contributed by atoms with Crippen LogP contribution in [0.1, 0.15) is 40.9 Å². The minimum Gasteiger partial charge on any atom is -0.457 e. The molecule has 1 aliphatic carbocycles. The first-order chi connectivity index (χ1) is 11.8. The third kappa shape index (κ3) is 3.50. The van der Waals surface area contributed by atoms with E-state index in [1.54, 1.807) is 13.0 Å². The van der Waals surface area contributed by atoms with E-state index in [2.05, 4.69) is 0 Å². The molecule has 6 heteroatoms. The third-order valence-corrected chi connectivity index (χ3v) is 3.66. The molecule has 0 atom stereocenters. The summed E-state index contributed by atoms with van der Waals surface area (Å²) in [4.78, 5) is 11.8. The van der Waals surface area contributed by atoms with Gasteiger partial charge in [-0.05, 0) is 30.7 Å². The van der Waals surface area contributed by atoms with Gasteiger partial charge in [0, 0.05) is 23.6 Å². The lowest BCUT2D eigenvalue weighted by molar-refractivity contribution is 0.0166. The van der Waals surface area contributed by atoms with Gasteiger partial charge in [0.2, 0.25) is 5.78 Å². The molecular weight excluding hydrogens is 331 g/mol. The lowest BCUT2D eigenvalue weighted by Gasteiger charge is -2.11. The van der Waals surface area contributed by atoms with Crippen molar-refractivity contribution in [2.45, 2.75) is 33.1 Å². The number of ether oxygens (including phenoxy) is 1. The molecule has 1 aliphatic rings. The predicted octanol–water partition coefficient (Wildman–Crippen LogP) is 5.20. The van der Waals surface area contributed by atoms with E-state index in [-0.39, 0.29) is 28.2 Å². The SMILES string of the molecule is CC.Cc1ccc(Oc2cc(F)cc(C#N)c2)c2c1C(=O)C(F)(F)C2. The maximum Gasteiger partial charge on any atom is 0.313 e. The van der Waals surface area contributed by atoms with Crippen molar-refractivity contribution in [1.29, 1.82) is 5.26 Å². The number of fused-ring (bicyclic) bond motifs is 1. The van der Waals surface area contributed by atoms with Crippen LogP contribution in [-0.4, -0.2) is 11.7 Å². The van der Waals surface area contributed by atoms with Crippen molar-refractivity contribution in [3.63, 3.8) is 0 Å². The molecular formula is C19H16F3NO2. The maximum absolute atomic E-state index is 13.7. The quantitative estimate of drug-likeness (QED) is 0.750. The second kappa shape index (κ2) is 6.98. The number of benzene rings is 2. The second-order valence-electron chi connectivity index (χ2n) is 5.33. The molecule has 3 rings (SSSR count). The molecule has 0 fully saturated rings. The lowest BCUT2D eigenvalue weighted by atomic mass is 10.0. The van der Waals surface area contributed by atoms with Gasteiger partial charge in [0.05, 0.1) is 11.6 Å². The van der Waals surface area contributed by atoms with Crippen LogP contribution in [0.3, 0.4) is 0 Å². The summed E-state index contributed by atoms with van der Waals surface area (Å²) in [6.07, 6.45) is -0.751. The number of Topliss-reactive ketones (excluding diaryl/α,β-unsaturated/α-hetero) is 1. The van der Waals surface area contributed by atoms with E-state index in [0.29, 0.717) is 5.56 Å². The smallest absolute Gasteiger partial charge is 0.313 e. The van der Waals surface area contributed by atoms with E-state index in [0.717, 1.165) is 12.1 Å². The van der Waals surface area contributed by atoms with Crippen molar-refractivity contribution in [3.05, 3.63) is 58.4 Å². The van der Waals surface area contributed by atoms with Crippen LogP contribution in [-0.2, 0) is 6.42 Å². The van der Waals surface area contributed by atoms with Crippen LogP contribution in [0.15, 0.2) is 30.3 Å². The van der Waals surface area contributed by atoms with Crippen LogP contribution in [0.4, 0.5) is 13.2 Å². The van der Waals surface area contributed by atoms with Gasteiger partial charge in [-0.2, -0.15) is 14.0 Å². The Hall–Kier alpha value is -2.81. The van der Waals surface area contributed by atoms with Crippen LogP contribution >= 0.6 is 0 Å². The number of alkyl halides is 2. The van der Waals surface area contributed by atoms with Gasteiger partial charge in [-0.25, -0.2) is 4.39 Å². The van der Waals surface area contributed by atoms with Crippen LogP contribution in [0.25, 0.3) is 0 Å². The number of hydrogen-bond donors (Lipinski definition) is 0. The Kier molecular flexibility index (Phi) is 5.17. The first-order valence-electron chi connectivity index (χ1n) is 7.75. The Balaban J connectivity index is 0.00000109. The van der Waals surface area contributed by atoms with Crippen molar-refractivity contribution >= 4 is 5.78 Å². The molecule has 0 aliphatic heterocycles. The topological polar surface area (TPSA) is 50.1 Å². The van der Waals surface area contributed by atoms with Gasteiger partial charge in [0.25, 0.3) is 0 Å². The Morgan fingerprint density at radius 2 is 1.88 bits per heavy atom. The van der Waals surface area contributed by atoms with E-state index in [1.807, 2.05) is 13.8 Å². The number of halogens is 3. The lowest BCUT2D eigenvalue weighted by Crippen LogP contribution is -2.24. The van der Waals surface area contributed by atoms with Crippen LogP contribution < -0.4 is 4.74 Å². The molecule has 0 heterocycles. The molecule has 130 valence electrons. The third-order valence-electron chi connectivity index (χ3n) is 3.66. The van der Waals surface area contributed by atoms with Gasteiger partial charge in [0.15, 0.2) is 0 Å². The summed E-state index contributed by atoms with van der Waals surface area (Å²) in [5, 5.41) is 8.83. The molecule has 0 amide bonds. The summed E-state index contributed by atoms with van der Waals surface area (Å²) in [5.74, 6) is -5.30. The summed E-state index contributed by atoms with van der Waals surface area (Å²) in [5.41, 5.74) is 0.531. The minimum absolute atomic E-state index is 0.00951. The molecule has 2 aromatic rings. The number of rotatable bonds is 2. The highest BCUT2D eigenvalue weighted by molar-refractivity contribution is 6.07. The summed E-state index contributed by atoms with van der Waals surface area (Å²) in [6, 6.07) is 8.11. The second-order valence-corrected chi connectivity index (χ2v) is 5.33. The van der Waals surface area contributed by atoms with Crippen LogP contribution in [0, 0.1) is 24.1 Å². The molecule has 25 heavy (non-hydrogen) atoms. The zero-order valence-electron chi connectivity index (χ0n) is 14.0. The Labute approximate surface area is 143 Å². The van der Waals surface area contributed by atoms with Gasteiger partial charge in [-0.3, -0.25) is 4.79 Å². The number of nitriles is 1. The van der Waals surface area contributed by atoms with Crippen molar-refractivity contribution in [3.8, 4) is 17.6 Å². The molecule has 0 N–H and O–H groups in total. The number of ketones is 1. The number of carbonyl (C=O) groups excluding carboxylic acids is 1. The van der Waals surface area contributed by atoms with E-state index in [9.17, 15) is 18.0 Å². The summed E-state index contributed by atoms with van der Waals surface area (Å²) in [7, 11) is 0. The van der Waals surface area contributed by atoms with E-state index < -0.39 is 23.9 Å². The average Bonchev–Trinajstić information content (AvgIpc) is 2.82. The van der Waals surface area contributed by atoms with Gasteiger partial charge >= 0.3 is 5.92 Å². The van der Waals surface area contributed by atoms with Crippen molar-refractivity contribution in [2.75, 3.05) is 0 Å². The molecule has 0 radical (unpaired) electrons. The molecule has 0 saturated carbocycles. The Morgan fingerprint density at radius 3 is 2.52 bits per heavy atom. The van der Waals surface area contributed by atoms with E-state index in [4.69, 9.17) is 10.00 Å². The molecule has 0 aromatic heterocycles. The largest absolute Gasteiger partial charge is 0.457 e. The van der Waals surface area contributed by atoms with Gasteiger partial charge in [0.1, 0.15) is 17.3 Å². The fraction of sp³-hybridized carbons (Fsp3) is 0.263. The van der Waals surface area contributed by atoms with Crippen LogP contribution in [0.5, 0.6) is 11.5 Å². The first-order valence-corrected chi connectivity index (χ1v) is 7.75. The van der Waals surface area contributed by atoms with E-state index >= 15 is 0 Å². The van der Waals surface area contributed by atoms with Gasteiger partial charge < -0.3 is 4.74 Å². The Bertz CT molecular complexity index is 870. The summed E-state index contributed by atoms with van der Waals surface area (Å²) >= 11 is 0. The molecule has 0 saturated heterocycles. The maximum atomic E-state index is 13.7. The summed E-state index contributed by atoms with van der Waals surface area (Å²) < 4.78 is 46.3. The number of nitrogens with zero attached hydrogens (tertiary/aromatic N) is 1. The fourth-order valence-corrected chi connectivity index (χ4v) is 2.63. The molecule has 3 nitrogen and oxygen atoms in total. The van der Waals surface area contributed by atoms with E-state index in [1.165, 1.54) is 18.2 Å². The number of carbonyl (C=O) groups is 1. The molecule has 2 aromatic carbocycles. The monoisotopic (exact) mass is 347 g/mol. The zero-order chi connectivity index (χ0) is 18.8. The average molecular weight is 347 g/mol. The highest BCUT2D eigenvalue weighted by atomic mass is 19.3. The highest BCUT2D eigenvalue weighted by Crippen LogP contribution is 2.42. The van der Waals surface area contributed by atoms with Crippen molar-refractivity contribution in [2.24, 2.45) is 0 Å². The molecule has 0 bridgehead atoms. The standard InChI is InChI=1S/C17H10F3NO2.C2H6/c1-9-2-3-14(13-7-17(19,20)16(22)15(9)13)23-12-5-10(8-21)4-11(18)6-12;1-2/h2-6H,7H2,1H3;1-2H3. The van der Waals surface area contributed by atoms with Crippen LogP contribution in [0.2, 0.25) is 0 Å². The highest BCUT2D eigenvalue weighted by Gasteiger charge is 2.48. The molecule has 0 unspecified atom stereocenters.